The monoisotopic (exact) mass is 338 g/mol. The van der Waals surface area contributed by atoms with Gasteiger partial charge in [-0.25, -0.2) is 0 Å². The lowest BCUT2D eigenvalue weighted by Crippen LogP contribution is -2.42. The number of rotatable bonds is 4. The second-order valence-corrected chi connectivity index (χ2v) is 7.14. The minimum Gasteiger partial charge on any atom is -0.354 e. The van der Waals surface area contributed by atoms with E-state index in [9.17, 15) is 9.59 Å². The van der Waals surface area contributed by atoms with Crippen LogP contribution in [0.25, 0.3) is 0 Å². The number of hydrogen-bond donors (Lipinski definition) is 3. The average Bonchev–Trinajstić information content (AvgIpc) is 3.16. The van der Waals surface area contributed by atoms with Gasteiger partial charge in [0.05, 0.1) is 0 Å². The van der Waals surface area contributed by atoms with Gasteiger partial charge < -0.3 is 10.6 Å². The molecule has 1 aromatic heterocycles. The Bertz CT molecular complexity index is 782. The van der Waals surface area contributed by atoms with Crippen LogP contribution < -0.4 is 10.6 Å². The summed E-state index contributed by atoms with van der Waals surface area (Å²) in [7, 11) is 0. The van der Waals surface area contributed by atoms with Gasteiger partial charge in [0.1, 0.15) is 0 Å². The van der Waals surface area contributed by atoms with Crippen molar-refractivity contribution in [2.24, 2.45) is 5.92 Å². The molecule has 25 heavy (non-hydrogen) atoms. The van der Waals surface area contributed by atoms with Crippen LogP contribution in [-0.2, 0) is 22.4 Å². The SMILES string of the molecule is CC(=O)NC1CC(c2cc(NC(=O)C3Cc4ccccc4C3)n[nH]2)C1. The third-order valence-electron chi connectivity index (χ3n) is 5.26. The standard InChI is InChI=1S/C19H22N4O2/c1-11(24)20-16-8-14(9-16)17-10-18(23-22-17)21-19(25)15-6-12-4-2-3-5-13(12)7-15/h2-5,10,14-16H,6-9H2,1H3,(H,20,24)(H2,21,22,23,25). The van der Waals surface area contributed by atoms with Gasteiger partial charge in [0, 0.05) is 36.6 Å². The van der Waals surface area contributed by atoms with Gasteiger partial charge in [0.25, 0.3) is 0 Å². The van der Waals surface area contributed by atoms with Gasteiger partial charge >= 0.3 is 0 Å². The molecule has 1 heterocycles. The second-order valence-electron chi connectivity index (χ2n) is 7.14. The van der Waals surface area contributed by atoms with E-state index < -0.39 is 0 Å². The van der Waals surface area contributed by atoms with Crippen LogP contribution in [0.15, 0.2) is 30.3 Å². The molecule has 2 aliphatic carbocycles. The zero-order chi connectivity index (χ0) is 17.4. The molecule has 4 rings (SSSR count). The molecule has 0 atom stereocenters. The molecule has 0 saturated heterocycles. The summed E-state index contributed by atoms with van der Waals surface area (Å²) in [6, 6.07) is 10.4. The van der Waals surface area contributed by atoms with E-state index in [4.69, 9.17) is 0 Å². The van der Waals surface area contributed by atoms with E-state index in [0.717, 1.165) is 31.4 Å². The first-order chi connectivity index (χ1) is 12.1. The Morgan fingerprint density at radius 3 is 2.48 bits per heavy atom. The molecule has 2 aromatic rings. The lowest BCUT2D eigenvalue weighted by molar-refractivity contribution is -0.120. The van der Waals surface area contributed by atoms with Gasteiger partial charge in [-0.1, -0.05) is 24.3 Å². The Hall–Kier alpha value is -2.63. The molecule has 0 spiro atoms. The van der Waals surface area contributed by atoms with Crippen LogP contribution in [0.1, 0.15) is 42.5 Å². The zero-order valence-corrected chi connectivity index (χ0v) is 14.2. The van der Waals surface area contributed by atoms with Crippen molar-refractivity contribution in [2.75, 3.05) is 5.32 Å². The van der Waals surface area contributed by atoms with E-state index in [1.54, 1.807) is 6.92 Å². The zero-order valence-electron chi connectivity index (χ0n) is 14.2. The van der Waals surface area contributed by atoms with Crippen molar-refractivity contribution >= 4 is 17.6 Å². The van der Waals surface area contributed by atoms with Gasteiger partial charge in [0.15, 0.2) is 5.82 Å². The molecule has 1 saturated carbocycles. The lowest BCUT2D eigenvalue weighted by Gasteiger charge is -2.34. The predicted octanol–water partition coefficient (Wildman–Crippen LogP) is 2.15. The number of carbonyl (C=O) groups excluding carboxylic acids is 2. The largest absolute Gasteiger partial charge is 0.354 e. The molecule has 0 bridgehead atoms. The molecule has 130 valence electrons. The maximum atomic E-state index is 12.5. The quantitative estimate of drug-likeness (QED) is 0.798. The van der Waals surface area contributed by atoms with Crippen molar-refractivity contribution < 1.29 is 9.59 Å². The molecule has 0 aliphatic heterocycles. The van der Waals surface area contributed by atoms with Crippen molar-refractivity contribution in [1.82, 2.24) is 15.5 Å². The van der Waals surface area contributed by atoms with E-state index >= 15 is 0 Å². The van der Waals surface area contributed by atoms with Gasteiger partial charge in [-0.15, -0.1) is 0 Å². The highest BCUT2D eigenvalue weighted by molar-refractivity contribution is 5.92. The number of benzene rings is 1. The topological polar surface area (TPSA) is 86.9 Å². The van der Waals surface area contributed by atoms with Crippen molar-refractivity contribution in [1.29, 1.82) is 0 Å². The number of aromatic amines is 1. The summed E-state index contributed by atoms with van der Waals surface area (Å²) in [6.07, 6.45) is 3.40. The number of carbonyl (C=O) groups is 2. The first-order valence-electron chi connectivity index (χ1n) is 8.78. The van der Waals surface area contributed by atoms with Crippen molar-refractivity contribution in [2.45, 2.75) is 44.6 Å². The maximum absolute atomic E-state index is 12.5. The fraction of sp³-hybridized carbons (Fsp3) is 0.421. The maximum Gasteiger partial charge on any atom is 0.229 e. The molecule has 0 unspecified atom stereocenters. The summed E-state index contributed by atoms with van der Waals surface area (Å²) in [6.45, 7) is 1.54. The van der Waals surface area contributed by atoms with Crippen molar-refractivity contribution in [3.63, 3.8) is 0 Å². The Labute approximate surface area is 146 Å². The smallest absolute Gasteiger partial charge is 0.229 e. The molecular formula is C19H22N4O2. The van der Waals surface area contributed by atoms with Crippen molar-refractivity contribution in [3.05, 3.63) is 47.2 Å². The molecule has 1 fully saturated rings. The minimum absolute atomic E-state index is 0.0126. The normalized spacial score (nSPS) is 22.1. The Morgan fingerprint density at radius 2 is 1.84 bits per heavy atom. The Balaban J connectivity index is 1.32. The van der Waals surface area contributed by atoms with Crippen LogP contribution in [0.5, 0.6) is 0 Å². The number of nitrogens with one attached hydrogen (secondary N) is 3. The molecule has 6 nitrogen and oxygen atoms in total. The first-order valence-corrected chi connectivity index (χ1v) is 8.78. The number of aromatic nitrogens is 2. The van der Waals surface area contributed by atoms with Crippen LogP contribution in [0.2, 0.25) is 0 Å². The molecule has 1 aromatic carbocycles. The highest BCUT2D eigenvalue weighted by atomic mass is 16.2. The number of fused-ring (bicyclic) bond motifs is 1. The molecule has 6 heteroatoms. The summed E-state index contributed by atoms with van der Waals surface area (Å²) in [5.74, 6) is 0.965. The number of anilines is 1. The van der Waals surface area contributed by atoms with E-state index in [0.29, 0.717) is 11.7 Å². The average molecular weight is 338 g/mol. The fourth-order valence-electron chi connectivity index (χ4n) is 3.86. The highest BCUT2D eigenvalue weighted by Crippen LogP contribution is 2.36. The lowest BCUT2D eigenvalue weighted by atomic mass is 9.78. The van der Waals surface area contributed by atoms with E-state index in [2.05, 4.69) is 33.0 Å². The summed E-state index contributed by atoms with van der Waals surface area (Å²) < 4.78 is 0. The highest BCUT2D eigenvalue weighted by Gasteiger charge is 2.32. The van der Waals surface area contributed by atoms with Gasteiger partial charge in [0.2, 0.25) is 11.8 Å². The minimum atomic E-state index is -0.0228. The fourth-order valence-corrected chi connectivity index (χ4v) is 3.86. The molecule has 3 N–H and O–H groups in total. The van der Waals surface area contributed by atoms with E-state index in [-0.39, 0.29) is 23.8 Å². The Morgan fingerprint density at radius 1 is 1.16 bits per heavy atom. The number of hydrogen-bond acceptors (Lipinski definition) is 3. The molecule has 0 radical (unpaired) electrons. The van der Waals surface area contributed by atoms with E-state index in [1.807, 2.05) is 18.2 Å². The van der Waals surface area contributed by atoms with Gasteiger partial charge in [-0.05, 0) is 36.8 Å². The van der Waals surface area contributed by atoms with E-state index in [1.165, 1.54) is 11.1 Å². The van der Waals surface area contributed by atoms with Crippen LogP contribution in [0, 0.1) is 5.92 Å². The van der Waals surface area contributed by atoms with Gasteiger partial charge in [-0.3, -0.25) is 14.7 Å². The molecule has 2 aliphatic rings. The van der Waals surface area contributed by atoms with Crippen molar-refractivity contribution in [3.8, 4) is 0 Å². The van der Waals surface area contributed by atoms with Crippen LogP contribution in [0.4, 0.5) is 5.82 Å². The third-order valence-corrected chi connectivity index (χ3v) is 5.26. The third kappa shape index (κ3) is 3.29. The predicted molar refractivity (Wildman–Crippen MR) is 94.1 cm³/mol. The number of H-pyrrole nitrogens is 1. The van der Waals surface area contributed by atoms with Crippen LogP contribution >= 0.6 is 0 Å². The van der Waals surface area contributed by atoms with Crippen LogP contribution in [-0.4, -0.2) is 28.1 Å². The summed E-state index contributed by atoms with van der Waals surface area (Å²) >= 11 is 0. The van der Waals surface area contributed by atoms with Gasteiger partial charge in [-0.2, -0.15) is 5.10 Å². The first kappa shape index (κ1) is 15.9. The summed E-state index contributed by atoms with van der Waals surface area (Å²) in [5, 5.41) is 13.1. The van der Waals surface area contributed by atoms with Crippen LogP contribution in [0.3, 0.4) is 0 Å². The molecule has 2 amide bonds. The second kappa shape index (κ2) is 6.35. The summed E-state index contributed by atoms with van der Waals surface area (Å²) in [4.78, 5) is 23.6. The number of nitrogens with zero attached hydrogens (tertiary/aromatic N) is 1. The Kier molecular flexibility index (Phi) is 4.03. The number of amides is 2. The molecular weight excluding hydrogens is 316 g/mol. The summed E-state index contributed by atoms with van der Waals surface area (Å²) in [5.41, 5.74) is 3.55.